The van der Waals surface area contributed by atoms with E-state index in [2.05, 4.69) is 20.7 Å². The first-order chi connectivity index (χ1) is 8.88. The predicted molar refractivity (Wildman–Crippen MR) is 78.3 cm³/mol. The highest BCUT2D eigenvalue weighted by Gasteiger charge is 2.17. The predicted octanol–water partition coefficient (Wildman–Crippen LogP) is 2.57. The normalized spacial score (nSPS) is 11.7. The van der Waals surface area contributed by atoms with Crippen molar-refractivity contribution in [1.82, 2.24) is 9.29 Å². The molecule has 1 aromatic carbocycles. The molecule has 0 aliphatic carbocycles. The summed E-state index contributed by atoms with van der Waals surface area (Å²) in [6, 6.07) is 7.05. The van der Waals surface area contributed by atoms with Crippen LogP contribution in [0.5, 0.6) is 0 Å². The molecule has 0 amide bonds. The molecule has 0 bridgehead atoms. The van der Waals surface area contributed by atoms with E-state index in [1.165, 1.54) is 0 Å². The zero-order chi connectivity index (χ0) is 14.0. The van der Waals surface area contributed by atoms with Crippen molar-refractivity contribution < 1.29 is 8.42 Å². The third-order valence-corrected chi connectivity index (χ3v) is 5.11. The molecule has 1 heterocycles. The van der Waals surface area contributed by atoms with Crippen LogP contribution in [0.2, 0.25) is 0 Å². The lowest BCUT2D eigenvalue weighted by Crippen LogP contribution is -2.23. The number of aryl methyl sites for hydroxylation is 2. The van der Waals surface area contributed by atoms with E-state index in [1.807, 2.05) is 37.0 Å². The number of nitrogens with one attached hydrogen (secondary N) is 1. The monoisotopic (exact) mass is 342 g/mol. The fourth-order valence-electron chi connectivity index (χ4n) is 1.75. The van der Waals surface area contributed by atoms with Crippen molar-refractivity contribution >= 4 is 26.0 Å². The molecule has 2 rings (SSSR count). The quantitative estimate of drug-likeness (QED) is 0.928. The van der Waals surface area contributed by atoms with Gasteiger partial charge in [0.1, 0.15) is 0 Å². The van der Waals surface area contributed by atoms with Gasteiger partial charge in [-0.05, 0) is 52.2 Å². The number of benzene rings is 1. The molecule has 0 saturated heterocycles. The lowest BCUT2D eigenvalue weighted by atomic mass is 10.2. The Hall–Kier alpha value is -1.11. The van der Waals surface area contributed by atoms with Crippen molar-refractivity contribution in [1.29, 1.82) is 0 Å². The Labute approximate surface area is 121 Å². The molecule has 0 radical (unpaired) electrons. The molecule has 0 unspecified atom stereocenters. The summed E-state index contributed by atoms with van der Waals surface area (Å²) in [6.45, 7) is 2.20. The smallest absolute Gasteiger partial charge is 0.241 e. The van der Waals surface area contributed by atoms with Crippen molar-refractivity contribution in [2.75, 3.05) is 0 Å². The third-order valence-electron chi connectivity index (χ3n) is 2.74. The number of rotatable bonds is 4. The average molecular weight is 343 g/mol. The first-order valence-electron chi connectivity index (χ1n) is 5.75. The fraction of sp³-hybridized carbons (Fsp3) is 0.231. The van der Waals surface area contributed by atoms with Crippen molar-refractivity contribution in [3.8, 4) is 0 Å². The van der Waals surface area contributed by atoms with Crippen LogP contribution in [0.15, 0.2) is 46.0 Å². The Kier molecular flexibility index (Phi) is 4.13. The van der Waals surface area contributed by atoms with Crippen LogP contribution >= 0.6 is 15.9 Å². The summed E-state index contributed by atoms with van der Waals surface area (Å²) in [7, 11) is -1.61. The molecule has 0 aliphatic rings. The van der Waals surface area contributed by atoms with Crippen LogP contribution in [0, 0.1) is 6.92 Å². The lowest BCUT2D eigenvalue weighted by Gasteiger charge is -2.08. The van der Waals surface area contributed by atoms with E-state index in [9.17, 15) is 8.42 Å². The highest BCUT2D eigenvalue weighted by atomic mass is 79.9. The second-order valence-corrected chi connectivity index (χ2v) is 7.03. The molecule has 19 heavy (non-hydrogen) atoms. The molecule has 0 fully saturated rings. The summed E-state index contributed by atoms with van der Waals surface area (Å²) >= 11 is 3.29. The van der Waals surface area contributed by atoms with E-state index in [-0.39, 0.29) is 11.4 Å². The van der Waals surface area contributed by atoms with Gasteiger partial charge < -0.3 is 4.57 Å². The minimum absolute atomic E-state index is 0.258. The minimum atomic E-state index is -3.50. The Bertz CT molecular complexity index is 692. The van der Waals surface area contributed by atoms with Crippen LogP contribution in [-0.2, 0) is 23.6 Å². The zero-order valence-corrected chi connectivity index (χ0v) is 13.1. The van der Waals surface area contributed by atoms with Gasteiger partial charge in [-0.1, -0.05) is 6.07 Å². The molecule has 0 aliphatic heterocycles. The second kappa shape index (κ2) is 5.48. The molecule has 1 N–H and O–H groups in total. The number of hydrogen-bond acceptors (Lipinski definition) is 2. The second-order valence-electron chi connectivity index (χ2n) is 4.44. The maximum atomic E-state index is 12.2. The van der Waals surface area contributed by atoms with E-state index in [0.717, 1.165) is 11.1 Å². The Morgan fingerprint density at radius 2 is 2.05 bits per heavy atom. The van der Waals surface area contributed by atoms with E-state index in [1.54, 1.807) is 18.2 Å². The summed E-state index contributed by atoms with van der Waals surface area (Å²) in [5.74, 6) is 0. The Balaban J connectivity index is 2.18. The van der Waals surface area contributed by atoms with E-state index >= 15 is 0 Å². The highest BCUT2D eigenvalue weighted by Crippen LogP contribution is 2.23. The molecule has 0 atom stereocenters. The SMILES string of the molecule is Cc1ccc(S(=O)(=O)NCc2ccn(C)c2)c(Br)c1. The molecule has 102 valence electrons. The third kappa shape index (κ3) is 3.46. The van der Waals surface area contributed by atoms with Gasteiger partial charge in [-0.15, -0.1) is 0 Å². The molecular weight excluding hydrogens is 328 g/mol. The first-order valence-corrected chi connectivity index (χ1v) is 8.03. The Morgan fingerprint density at radius 1 is 1.32 bits per heavy atom. The minimum Gasteiger partial charge on any atom is -0.357 e. The number of nitrogens with zero attached hydrogens (tertiary/aromatic N) is 1. The molecule has 1 aromatic heterocycles. The summed E-state index contributed by atoms with van der Waals surface area (Å²) < 4.78 is 29.4. The van der Waals surface area contributed by atoms with Crippen molar-refractivity contribution in [2.24, 2.45) is 7.05 Å². The van der Waals surface area contributed by atoms with Gasteiger partial charge in [0, 0.05) is 30.5 Å². The zero-order valence-electron chi connectivity index (χ0n) is 10.7. The maximum Gasteiger partial charge on any atom is 0.241 e. The number of hydrogen-bond donors (Lipinski definition) is 1. The molecular formula is C13H15BrN2O2S. The van der Waals surface area contributed by atoms with Gasteiger partial charge in [0.05, 0.1) is 4.90 Å². The number of halogens is 1. The van der Waals surface area contributed by atoms with Gasteiger partial charge in [0.25, 0.3) is 0 Å². The van der Waals surface area contributed by atoms with Crippen LogP contribution in [0.4, 0.5) is 0 Å². The molecule has 2 aromatic rings. The van der Waals surface area contributed by atoms with Gasteiger partial charge >= 0.3 is 0 Å². The van der Waals surface area contributed by atoms with Crippen molar-refractivity contribution in [3.05, 3.63) is 52.3 Å². The molecule has 0 spiro atoms. The van der Waals surface area contributed by atoms with Gasteiger partial charge in [0.15, 0.2) is 0 Å². The van der Waals surface area contributed by atoms with Gasteiger partial charge in [0.2, 0.25) is 10.0 Å². The maximum absolute atomic E-state index is 12.2. The molecule has 4 nitrogen and oxygen atoms in total. The van der Waals surface area contributed by atoms with Crippen LogP contribution < -0.4 is 4.72 Å². The summed E-state index contributed by atoms with van der Waals surface area (Å²) in [5, 5.41) is 0. The van der Waals surface area contributed by atoms with E-state index in [0.29, 0.717) is 4.47 Å². The van der Waals surface area contributed by atoms with Gasteiger partial charge in [-0.25, -0.2) is 13.1 Å². The Morgan fingerprint density at radius 3 is 2.63 bits per heavy atom. The summed E-state index contributed by atoms with van der Waals surface area (Å²) in [4.78, 5) is 0.258. The van der Waals surface area contributed by atoms with Gasteiger partial charge in [-0.3, -0.25) is 0 Å². The van der Waals surface area contributed by atoms with Crippen LogP contribution in [-0.4, -0.2) is 13.0 Å². The van der Waals surface area contributed by atoms with Crippen molar-refractivity contribution in [2.45, 2.75) is 18.4 Å². The number of aromatic nitrogens is 1. The van der Waals surface area contributed by atoms with E-state index in [4.69, 9.17) is 0 Å². The van der Waals surface area contributed by atoms with Crippen LogP contribution in [0.3, 0.4) is 0 Å². The van der Waals surface area contributed by atoms with Crippen LogP contribution in [0.1, 0.15) is 11.1 Å². The summed E-state index contributed by atoms with van der Waals surface area (Å²) in [6.07, 6.45) is 3.76. The average Bonchev–Trinajstić information content (AvgIpc) is 2.72. The largest absolute Gasteiger partial charge is 0.357 e. The lowest BCUT2D eigenvalue weighted by molar-refractivity contribution is 0.581. The molecule has 6 heteroatoms. The van der Waals surface area contributed by atoms with Crippen LogP contribution in [0.25, 0.3) is 0 Å². The first kappa shape index (κ1) is 14.3. The van der Waals surface area contributed by atoms with Gasteiger partial charge in [-0.2, -0.15) is 0 Å². The van der Waals surface area contributed by atoms with Crippen molar-refractivity contribution in [3.63, 3.8) is 0 Å². The topological polar surface area (TPSA) is 51.1 Å². The highest BCUT2D eigenvalue weighted by molar-refractivity contribution is 9.10. The summed E-state index contributed by atoms with van der Waals surface area (Å²) in [5.41, 5.74) is 1.93. The number of sulfonamides is 1. The van der Waals surface area contributed by atoms with E-state index < -0.39 is 10.0 Å². The molecule has 0 saturated carbocycles. The standard InChI is InChI=1S/C13H15BrN2O2S/c1-10-3-4-13(12(14)7-10)19(17,18)15-8-11-5-6-16(2)9-11/h3-7,9,15H,8H2,1-2H3. The fourth-order valence-corrected chi connectivity index (χ4v) is 3.95.